The van der Waals surface area contributed by atoms with Crippen molar-refractivity contribution < 1.29 is 9.34 Å². The molecule has 0 atom stereocenters. The van der Waals surface area contributed by atoms with E-state index >= 15 is 0 Å². The van der Waals surface area contributed by atoms with Crippen LogP contribution < -0.4 is 10.2 Å². The molecule has 2 aromatic rings. The number of non-ortho nitro benzene ring substituents is 1. The summed E-state index contributed by atoms with van der Waals surface area (Å²) in [5.41, 5.74) is 0.994. The summed E-state index contributed by atoms with van der Waals surface area (Å²) in [6, 6.07) is 5.00. The van der Waals surface area contributed by atoms with Crippen LogP contribution in [0.15, 0.2) is 22.6 Å². The van der Waals surface area contributed by atoms with Crippen molar-refractivity contribution in [3.05, 3.63) is 28.3 Å². The number of hydrogen-bond acceptors (Lipinski definition) is 6. The molecule has 0 aliphatic carbocycles. The molecular formula is C13H16N4O3. The number of piperazine rings is 1. The zero-order chi connectivity index (χ0) is 14.3. The zero-order valence-corrected chi connectivity index (χ0v) is 11.4. The standard InChI is InChI=1S/C13H16N4O3/c1-13(2)8-14-5-6-16(13)12-15-10-4-3-9(17(18)19)7-11(10)20-12/h3-4,7,14H,5-6,8H2,1-2H3. The monoisotopic (exact) mass is 276 g/mol. The number of benzene rings is 1. The number of aromatic nitrogens is 1. The Balaban J connectivity index is 2.02. The van der Waals surface area contributed by atoms with Gasteiger partial charge in [0.25, 0.3) is 11.7 Å². The van der Waals surface area contributed by atoms with E-state index in [0.717, 1.165) is 19.6 Å². The van der Waals surface area contributed by atoms with Crippen molar-refractivity contribution in [2.45, 2.75) is 19.4 Å². The lowest BCUT2D eigenvalue weighted by molar-refractivity contribution is -0.384. The minimum absolute atomic E-state index is 0.0137. The third kappa shape index (κ3) is 2.09. The molecule has 1 N–H and O–H groups in total. The summed E-state index contributed by atoms with van der Waals surface area (Å²) in [5.74, 6) is 0. The summed E-state index contributed by atoms with van der Waals surface area (Å²) in [5, 5.41) is 14.1. The van der Waals surface area contributed by atoms with Crippen LogP contribution in [0.25, 0.3) is 11.1 Å². The predicted molar refractivity (Wildman–Crippen MR) is 75.0 cm³/mol. The first-order valence-electron chi connectivity index (χ1n) is 6.51. The Kier molecular flexibility index (Phi) is 2.86. The van der Waals surface area contributed by atoms with Crippen LogP contribution in [-0.2, 0) is 0 Å². The molecule has 0 unspecified atom stereocenters. The fraction of sp³-hybridized carbons (Fsp3) is 0.462. The Hall–Kier alpha value is -2.15. The lowest BCUT2D eigenvalue weighted by atomic mass is 10.0. The first-order valence-corrected chi connectivity index (χ1v) is 6.51. The van der Waals surface area contributed by atoms with Crippen LogP contribution in [0.1, 0.15) is 13.8 Å². The van der Waals surface area contributed by atoms with Crippen molar-refractivity contribution >= 4 is 22.8 Å². The van der Waals surface area contributed by atoms with Gasteiger partial charge in [-0.1, -0.05) is 0 Å². The Labute approximate surface area is 115 Å². The van der Waals surface area contributed by atoms with E-state index in [4.69, 9.17) is 4.42 Å². The highest BCUT2D eigenvalue weighted by molar-refractivity contribution is 5.77. The van der Waals surface area contributed by atoms with Gasteiger partial charge < -0.3 is 14.6 Å². The largest absolute Gasteiger partial charge is 0.423 e. The summed E-state index contributed by atoms with van der Waals surface area (Å²) < 4.78 is 5.72. The molecular weight excluding hydrogens is 260 g/mol. The number of nitrogens with zero attached hydrogens (tertiary/aromatic N) is 3. The molecule has 0 amide bonds. The molecule has 0 saturated carbocycles. The number of nitro groups is 1. The van der Waals surface area contributed by atoms with Gasteiger partial charge >= 0.3 is 0 Å². The van der Waals surface area contributed by atoms with Crippen LogP contribution in [0.3, 0.4) is 0 Å². The molecule has 1 fully saturated rings. The van der Waals surface area contributed by atoms with Crippen LogP contribution >= 0.6 is 0 Å². The lowest BCUT2D eigenvalue weighted by Gasteiger charge is -2.41. The van der Waals surface area contributed by atoms with Crippen molar-refractivity contribution in [1.29, 1.82) is 0 Å². The van der Waals surface area contributed by atoms with Crippen LogP contribution in [0.5, 0.6) is 0 Å². The topological polar surface area (TPSA) is 84.4 Å². The Morgan fingerprint density at radius 2 is 2.30 bits per heavy atom. The van der Waals surface area contributed by atoms with Gasteiger partial charge in [0, 0.05) is 25.7 Å². The molecule has 106 valence electrons. The van der Waals surface area contributed by atoms with Crippen LogP contribution in [-0.4, -0.2) is 35.1 Å². The van der Waals surface area contributed by atoms with Gasteiger partial charge in [-0.25, -0.2) is 0 Å². The molecule has 7 heteroatoms. The van der Waals surface area contributed by atoms with E-state index in [1.807, 2.05) is 0 Å². The number of oxazole rings is 1. The molecule has 20 heavy (non-hydrogen) atoms. The Bertz CT molecular complexity index is 665. The van der Waals surface area contributed by atoms with E-state index < -0.39 is 4.92 Å². The minimum atomic E-state index is -0.434. The fourth-order valence-corrected chi connectivity index (χ4v) is 2.47. The van der Waals surface area contributed by atoms with Crippen LogP contribution in [0.4, 0.5) is 11.7 Å². The number of rotatable bonds is 2. The molecule has 2 heterocycles. The van der Waals surface area contributed by atoms with Gasteiger partial charge in [-0.3, -0.25) is 10.1 Å². The van der Waals surface area contributed by atoms with Crippen molar-refractivity contribution in [2.24, 2.45) is 0 Å². The molecule has 1 aromatic heterocycles. The predicted octanol–water partition coefficient (Wildman–Crippen LogP) is 1.92. The van der Waals surface area contributed by atoms with Crippen molar-refractivity contribution in [1.82, 2.24) is 10.3 Å². The summed E-state index contributed by atoms with van der Waals surface area (Å²) in [7, 11) is 0. The maximum Gasteiger partial charge on any atom is 0.298 e. The molecule has 0 bridgehead atoms. The number of hydrogen-bond donors (Lipinski definition) is 1. The van der Waals surface area contributed by atoms with Crippen molar-refractivity contribution in [3.63, 3.8) is 0 Å². The van der Waals surface area contributed by atoms with Gasteiger partial charge in [0.2, 0.25) is 0 Å². The molecule has 7 nitrogen and oxygen atoms in total. The highest BCUT2D eigenvalue weighted by Crippen LogP contribution is 2.29. The molecule has 0 spiro atoms. The van der Waals surface area contributed by atoms with Crippen molar-refractivity contribution in [2.75, 3.05) is 24.5 Å². The van der Waals surface area contributed by atoms with Gasteiger partial charge in [0.05, 0.1) is 16.5 Å². The average Bonchev–Trinajstić information content (AvgIpc) is 2.80. The molecule has 1 aliphatic heterocycles. The SMILES string of the molecule is CC1(C)CNCCN1c1nc2ccc([N+](=O)[O-])cc2o1. The highest BCUT2D eigenvalue weighted by Gasteiger charge is 2.32. The fourth-order valence-electron chi connectivity index (χ4n) is 2.47. The number of fused-ring (bicyclic) bond motifs is 1. The third-order valence-electron chi connectivity index (χ3n) is 3.60. The van der Waals surface area contributed by atoms with Crippen molar-refractivity contribution in [3.8, 4) is 0 Å². The van der Waals surface area contributed by atoms with Gasteiger partial charge in [-0.15, -0.1) is 0 Å². The second-order valence-electron chi connectivity index (χ2n) is 5.55. The third-order valence-corrected chi connectivity index (χ3v) is 3.60. The lowest BCUT2D eigenvalue weighted by Crippen LogP contribution is -2.58. The number of anilines is 1. The molecule has 1 aromatic carbocycles. The maximum absolute atomic E-state index is 10.8. The Morgan fingerprint density at radius 1 is 1.50 bits per heavy atom. The second kappa shape index (κ2) is 4.45. The summed E-state index contributed by atoms with van der Waals surface area (Å²) in [4.78, 5) is 16.9. The number of nitrogens with one attached hydrogen (secondary N) is 1. The van der Waals surface area contributed by atoms with E-state index in [1.165, 1.54) is 12.1 Å². The Morgan fingerprint density at radius 3 is 3.00 bits per heavy atom. The van der Waals surface area contributed by atoms with Gasteiger partial charge in [0.15, 0.2) is 5.58 Å². The van der Waals surface area contributed by atoms with Gasteiger partial charge in [0.1, 0.15) is 5.52 Å². The molecule has 3 rings (SSSR count). The summed E-state index contributed by atoms with van der Waals surface area (Å²) in [6.45, 7) is 6.71. The molecule has 0 radical (unpaired) electrons. The number of nitro benzene ring substituents is 1. The smallest absolute Gasteiger partial charge is 0.298 e. The van der Waals surface area contributed by atoms with Gasteiger partial charge in [-0.2, -0.15) is 4.98 Å². The highest BCUT2D eigenvalue weighted by atomic mass is 16.6. The van der Waals surface area contributed by atoms with E-state index in [-0.39, 0.29) is 11.2 Å². The van der Waals surface area contributed by atoms with Crippen LogP contribution in [0, 0.1) is 10.1 Å². The summed E-state index contributed by atoms with van der Waals surface area (Å²) in [6.07, 6.45) is 0. The van der Waals surface area contributed by atoms with E-state index in [9.17, 15) is 10.1 Å². The first-order chi connectivity index (χ1) is 9.47. The quantitative estimate of drug-likeness (QED) is 0.666. The van der Waals surface area contributed by atoms with Crippen LogP contribution in [0.2, 0.25) is 0 Å². The zero-order valence-electron chi connectivity index (χ0n) is 11.4. The van der Waals surface area contributed by atoms with Gasteiger partial charge in [-0.05, 0) is 19.9 Å². The first kappa shape index (κ1) is 12.9. The normalized spacial score (nSPS) is 18.4. The summed E-state index contributed by atoms with van der Waals surface area (Å²) >= 11 is 0. The van der Waals surface area contributed by atoms with E-state index in [0.29, 0.717) is 17.1 Å². The molecule has 1 aliphatic rings. The van der Waals surface area contributed by atoms with E-state index in [2.05, 4.69) is 29.0 Å². The minimum Gasteiger partial charge on any atom is -0.423 e. The van der Waals surface area contributed by atoms with E-state index in [1.54, 1.807) is 6.07 Å². The molecule has 1 saturated heterocycles. The second-order valence-corrected chi connectivity index (χ2v) is 5.55. The average molecular weight is 276 g/mol. The maximum atomic E-state index is 10.8.